The first-order valence-electron chi connectivity index (χ1n) is 9.68. The maximum Gasteiger partial charge on any atom is 0.296 e. The Labute approximate surface area is 186 Å². The molecule has 2 heterocycles. The van der Waals surface area contributed by atoms with Crippen molar-refractivity contribution in [1.29, 1.82) is 0 Å². The summed E-state index contributed by atoms with van der Waals surface area (Å²) in [5, 5.41) is 15.2. The lowest BCUT2D eigenvalue weighted by Crippen LogP contribution is -2.15. The van der Waals surface area contributed by atoms with Crippen LogP contribution in [0.4, 0.5) is 17.2 Å². The Morgan fingerprint density at radius 1 is 1.45 bits per heavy atom. The summed E-state index contributed by atoms with van der Waals surface area (Å²) in [6.45, 7) is 2.25. The largest absolute Gasteiger partial charge is 0.496 e. The van der Waals surface area contributed by atoms with Crippen molar-refractivity contribution in [2.45, 2.75) is 31.3 Å². The number of fused-ring (bicyclic) bond motifs is 3. The molecule has 0 radical (unpaired) electrons. The van der Waals surface area contributed by atoms with Gasteiger partial charge in [0.25, 0.3) is 5.69 Å². The Morgan fingerprint density at radius 3 is 3.00 bits per heavy atom. The Bertz CT molecular complexity index is 1180. The minimum atomic E-state index is -0.567. The fourth-order valence-electron chi connectivity index (χ4n) is 3.63. The summed E-state index contributed by atoms with van der Waals surface area (Å²) in [7, 11) is 1.42. The van der Waals surface area contributed by atoms with Gasteiger partial charge in [-0.25, -0.2) is 9.97 Å². The second-order valence-corrected chi connectivity index (χ2v) is 9.43. The first-order chi connectivity index (χ1) is 14.9. The molecule has 31 heavy (non-hydrogen) atoms. The number of aromatic nitrogens is 2. The van der Waals surface area contributed by atoms with Gasteiger partial charge in [0.05, 0.1) is 29.2 Å². The van der Waals surface area contributed by atoms with E-state index >= 15 is 0 Å². The van der Waals surface area contributed by atoms with Gasteiger partial charge >= 0.3 is 0 Å². The van der Waals surface area contributed by atoms with Crippen molar-refractivity contribution < 1.29 is 14.5 Å². The van der Waals surface area contributed by atoms with E-state index in [1.165, 1.54) is 29.7 Å². The molecule has 0 saturated heterocycles. The summed E-state index contributed by atoms with van der Waals surface area (Å²) in [6, 6.07) is 4.25. The number of hydrogen-bond acceptors (Lipinski definition) is 9. The molecule has 11 heteroatoms. The molecule has 1 aliphatic rings. The van der Waals surface area contributed by atoms with E-state index in [4.69, 9.17) is 10.5 Å². The molecule has 2 aromatic heterocycles. The van der Waals surface area contributed by atoms with E-state index in [0.717, 1.165) is 41.2 Å². The van der Waals surface area contributed by atoms with E-state index in [1.54, 1.807) is 17.4 Å². The van der Waals surface area contributed by atoms with Crippen molar-refractivity contribution in [3.8, 4) is 5.75 Å². The molecule has 0 spiro atoms. The first kappa shape index (κ1) is 21.3. The number of thiophene rings is 1. The van der Waals surface area contributed by atoms with Crippen LogP contribution >= 0.6 is 23.1 Å². The first-order valence-corrected chi connectivity index (χ1v) is 11.5. The highest BCUT2D eigenvalue weighted by Gasteiger charge is 2.23. The van der Waals surface area contributed by atoms with E-state index in [2.05, 4.69) is 22.2 Å². The Kier molecular flexibility index (Phi) is 5.96. The van der Waals surface area contributed by atoms with Crippen LogP contribution in [0.5, 0.6) is 5.75 Å². The number of benzene rings is 1. The molecule has 9 nitrogen and oxygen atoms in total. The van der Waals surface area contributed by atoms with Crippen molar-refractivity contribution in [3.63, 3.8) is 0 Å². The van der Waals surface area contributed by atoms with Gasteiger partial charge in [-0.3, -0.25) is 14.9 Å². The number of carbonyl (C=O) groups is 1. The van der Waals surface area contributed by atoms with E-state index < -0.39 is 10.8 Å². The molecule has 1 amide bonds. The zero-order valence-corrected chi connectivity index (χ0v) is 18.6. The van der Waals surface area contributed by atoms with Crippen molar-refractivity contribution in [1.82, 2.24) is 9.97 Å². The van der Waals surface area contributed by atoms with Crippen LogP contribution in [-0.4, -0.2) is 33.7 Å². The van der Waals surface area contributed by atoms with Gasteiger partial charge < -0.3 is 15.8 Å². The third kappa shape index (κ3) is 4.42. The predicted molar refractivity (Wildman–Crippen MR) is 122 cm³/mol. The van der Waals surface area contributed by atoms with Crippen LogP contribution in [0, 0.1) is 16.0 Å². The topological polar surface area (TPSA) is 133 Å². The number of carbonyl (C=O) groups excluding carboxylic acids is 1. The fraction of sp³-hybridized carbons (Fsp3) is 0.350. The molecule has 1 aromatic carbocycles. The number of nitro benzene ring substituents is 1. The Morgan fingerprint density at radius 2 is 2.26 bits per heavy atom. The normalized spacial score (nSPS) is 15.5. The van der Waals surface area contributed by atoms with Gasteiger partial charge in [-0.2, -0.15) is 0 Å². The molecule has 0 saturated carbocycles. The van der Waals surface area contributed by atoms with Crippen molar-refractivity contribution in [3.05, 3.63) is 38.8 Å². The number of amides is 1. The number of nitro groups is 1. The van der Waals surface area contributed by atoms with Crippen LogP contribution in [-0.2, 0) is 17.6 Å². The van der Waals surface area contributed by atoms with Crippen molar-refractivity contribution >= 4 is 56.4 Å². The van der Waals surface area contributed by atoms with Crippen LogP contribution in [0.3, 0.4) is 0 Å². The second kappa shape index (κ2) is 8.67. The van der Waals surface area contributed by atoms with Gasteiger partial charge in [0, 0.05) is 4.88 Å². The summed E-state index contributed by atoms with van der Waals surface area (Å²) >= 11 is 2.79. The average Bonchev–Trinajstić information content (AvgIpc) is 3.10. The number of aryl methyl sites for hydroxylation is 1. The Balaban J connectivity index is 1.48. The molecule has 1 unspecified atom stereocenters. The van der Waals surface area contributed by atoms with Gasteiger partial charge in [0.15, 0.2) is 5.16 Å². The van der Waals surface area contributed by atoms with Crippen molar-refractivity contribution in [2.24, 2.45) is 5.92 Å². The van der Waals surface area contributed by atoms with Crippen LogP contribution < -0.4 is 15.8 Å². The number of nitrogens with two attached hydrogens (primary N) is 1. The maximum absolute atomic E-state index is 12.4. The summed E-state index contributed by atoms with van der Waals surface area (Å²) in [4.78, 5) is 34.2. The number of anilines is 2. The number of nitrogens with zero attached hydrogens (tertiary/aromatic N) is 3. The molecule has 4 rings (SSSR count). The zero-order valence-electron chi connectivity index (χ0n) is 17.0. The van der Waals surface area contributed by atoms with Crippen molar-refractivity contribution in [2.75, 3.05) is 23.9 Å². The van der Waals surface area contributed by atoms with Gasteiger partial charge in [0.1, 0.15) is 22.1 Å². The van der Waals surface area contributed by atoms with Gasteiger partial charge in [-0.05, 0) is 42.9 Å². The minimum absolute atomic E-state index is 0.00372. The molecule has 0 bridgehead atoms. The van der Waals surface area contributed by atoms with Gasteiger partial charge in [-0.15, -0.1) is 11.3 Å². The molecule has 0 aliphatic heterocycles. The third-order valence-electron chi connectivity index (χ3n) is 5.17. The second-order valence-electron chi connectivity index (χ2n) is 7.40. The lowest BCUT2D eigenvalue weighted by molar-refractivity contribution is -0.384. The van der Waals surface area contributed by atoms with Crippen LogP contribution in [0.1, 0.15) is 23.8 Å². The van der Waals surface area contributed by atoms with Crippen LogP contribution in [0.25, 0.3) is 10.2 Å². The standard InChI is InChI=1S/C20H21N5O4S2/c1-10-3-5-12-15(7-10)31-19-17(12)18(21)23-20(24-19)30-9-16(26)22-13-6-4-11(29-2)8-14(13)25(27)28/h4,6,8,10H,3,5,7,9H2,1-2H3,(H,22,26)(H2,21,23,24). The molecule has 0 fully saturated rings. The molecule has 3 N–H and O–H groups in total. The third-order valence-corrected chi connectivity index (χ3v) is 7.17. The number of ether oxygens (including phenoxy) is 1. The van der Waals surface area contributed by atoms with Crippen LogP contribution in [0.15, 0.2) is 23.4 Å². The number of thioether (sulfide) groups is 1. The molecular weight excluding hydrogens is 438 g/mol. The molecule has 162 valence electrons. The lowest BCUT2D eigenvalue weighted by Gasteiger charge is -2.17. The maximum atomic E-state index is 12.4. The SMILES string of the molecule is COc1ccc(NC(=O)CSc2nc(N)c3c4c(sc3n2)CC(C)CC4)c([N+](=O)[O-])c1. The summed E-state index contributed by atoms with van der Waals surface area (Å²) in [5.41, 5.74) is 7.35. The quantitative estimate of drug-likeness (QED) is 0.244. The highest BCUT2D eigenvalue weighted by molar-refractivity contribution is 7.99. The smallest absolute Gasteiger partial charge is 0.296 e. The average molecular weight is 460 g/mol. The molecular formula is C20H21N5O4S2. The fourth-order valence-corrected chi connectivity index (χ4v) is 5.73. The zero-order chi connectivity index (χ0) is 22.1. The number of methoxy groups -OCH3 is 1. The van der Waals surface area contributed by atoms with Crippen LogP contribution in [0.2, 0.25) is 0 Å². The number of rotatable bonds is 6. The van der Waals surface area contributed by atoms with E-state index in [0.29, 0.717) is 22.6 Å². The van der Waals surface area contributed by atoms with E-state index in [9.17, 15) is 14.9 Å². The number of nitrogens with one attached hydrogen (secondary N) is 1. The number of hydrogen-bond donors (Lipinski definition) is 2. The monoisotopic (exact) mass is 459 g/mol. The number of nitrogen functional groups attached to an aromatic ring is 1. The molecule has 3 aromatic rings. The highest BCUT2D eigenvalue weighted by atomic mass is 32.2. The highest BCUT2D eigenvalue weighted by Crippen LogP contribution is 2.40. The minimum Gasteiger partial charge on any atom is -0.496 e. The molecule has 1 atom stereocenters. The van der Waals surface area contributed by atoms with E-state index in [-0.39, 0.29) is 17.1 Å². The molecule has 1 aliphatic carbocycles. The van der Waals surface area contributed by atoms with Gasteiger partial charge in [-0.1, -0.05) is 18.7 Å². The predicted octanol–water partition coefficient (Wildman–Crippen LogP) is 4.05. The van der Waals surface area contributed by atoms with Gasteiger partial charge in [0.2, 0.25) is 5.91 Å². The summed E-state index contributed by atoms with van der Waals surface area (Å²) in [6.07, 6.45) is 3.15. The lowest BCUT2D eigenvalue weighted by atomic mass is 9.89. The summed E-state index contributed by atoms with van der Waals surface area (Å²) in [5.74, 6) is 1.01. The Hall–Kier alpha value is -2.92. The summed E-state index contributed by atoms with van der Waals surface area (Å²) < 4.78 is 5.00. The van der Waals surface area contributed by atoms with E-state index in [1.807, 2.05) is 0 Å².